The zero-order valence-corrected chi connectivity index (χ0v) is 12.5. The van der Waals surface area contributed by atoms with Crippen molar-refractivity contribution >= 4 is 16.9 Å². The molecule has 1 amide bonds. The normalized spacial score (nSPS) is 12.3. The topological polar surface area (TPSA) is 61.9 Å². The Balaban J connectivity index is 1.86. The number of aromatic amines is 1. The molecule has 1 N–H and O–H groups in total. The van der Waals surface area contributed by atoms with Crippen LogP contribution in [0.1, 0.15) is 28.9 Å². The van der Waals surface area contributed by atoms with Crippen molar-refractivity contribution in [2.75, 3.05) is 7.05 Å². The van der Waals surface area contributed by atoms with Gasteiger partial charge in [-0.2, -0.15) is 15.4 Å². The van der Waals surface area contributed by atoms with E-state index >= 15 is 0 Å². The van der Waals surface area contributed by atoms with Crippen molar-refractivity contribution in [2.24, 2.45) is 0 Å². The number of halogens is 2. The molecule has 118 valence electrons. The van der Waals surface area contributed by atoms with Crippen molar-refractivity contribution in [3.8, 4) is 0 Å². The van der Waals surface area contributed by atoms with E-state index in [-0.39, 0.29) is 5.91 Å². The van der Waals surface area contributed by atoms with Gasteiger partial charge in [0.05, 0.1) is 6.04 Å². The predicted molar refractivity (Wildman–Crippen MR) is 80.8 cm³/mol. The maximum absolute atomic E-state index is 13.4. The van der Waals surface area contributed by atoms with Gasteiger partial charge in [0.2, 0.25) is 0 Å². The zero-order valence-electron chi connectivity index (χ0n) is 12.5. The average Bonchev–Trinajstić information content (AvgIpc) is 3.02. The van der Waals surface area contributed by atoms with Crippen molar-refractivity contribution in [3.63, 3.8) is 0 Å². The van der Waals surface area contributed by atoms with Crippen molar-refractivity contribution in [3.05, 3.63) is 59.2 Å². The number of aromatic nitrogens is 3. The molecule has 1 aromatic heterocycles. The lowest BCUT2D eigenvalue weighted by Gasteiger charge is -2.25. The molecule has 0 aliphatic carbocycles. The minimum atomic E-state index is -0.931. The van der Waals surface area contributed by atoms with Crippen molar-refractivity contribution in [2.45, 2.75) is 13.0 Å². The van der Waals surface area contributed by atoms with E-state index in [1.165, 1.54) is 11.0 Å². The van der Waals surface area contributed by atoms with E-state index in [1.54, 1.807) is 32.2 Å². The maximum atomic E-state index is 13.4. The maximum Gasteiger partial charge on any atom is 0.254 e. The summed E-state index contributed by atoms with van der Waals surface area (Å²) in [5.41, 5.74) is 2.22. The molecule has 0 bridgehead atoms. The lowest BCUT2D eigenvalue weighted by atomic mass is 10.1. The van der Waals surface area contributed by atoms with Gasteiger partial charge in [-0.1, -0.05) is 6.07 Å². The fraction of sp³-hybridized carbons (Fsp3) is 0.188. The first-order chi connectivity index (χ1) is 11.0. The minimum Gasteiger partial charge on any atom is -0.335 e. The highest BCUT2D eigenvalue weighted by molar-refractivity contribution is 5.97. The Bertz CT molecular complexity index is 877. The molecular formula is C16H14F2N4O. The van der Waals surface area contributed by atoms with Crippen LogP contribution in [0.15, 0.2) is 36.4 Å². The molecule has 1 heterocycles. The standard InChI is InChI=1S/C16H14F2N4O/c1-9(10-3-5-12(17)13(18)7-10)22(2)16(23)11-4-6-14-15(8-11)20-21-19-14/h3-9H,1-2H3,(H,19,20,21)/t9-/m1/s1. The quantitative estimate of drug-likeness (QED) is 0.808. The van der Waals surface area contributed by atoms with Crippen LogP contribution in [-0.2, 0) is 0 Å². The van der Waals surface area contributed by atoms with Crippen LogP contribution in [0, 0.1) is 11.6 Å². The third-order valence-electron chi connectivity index (χ3n) is 3.89. The number of nitrogens with zero attached hydrogens (tertiary/aromatic N) is 3. The third-order valence-corrected chi connectivity index (χ3v) is 3.89. The number of fused-ring (bicyclic) bond motifs is 1. The molecule has 23 heavy (non-hydrogen) atoms. The number of hydrogen-bond donors (Lipinski definition) is 1. The molecule has 3 aromatic rings. The van der Waals surface area contributed by atoms with Crippen LogP contribution >= 0.6 is 0 Å². The smallest absolute Gasteiger partial charge is 0.254 e. The van der Waals surface area contributed by atoms with Crippen LogP contribution < -0.4 is 0 Å². The molecule has 0 unspecified atom stereocenters. The first-order valence-electron chi connectivity index (χ1n) is 7.00. The number of hydrogen-bond acceptors (Lipinski definition) is 3. The Hall–Kier alpha value is -2.83. The van der Waals surface area contributed by atoms with Crippen LogP contribution in [0.25, 0.3) is 11.0 Å². The summed E-state index contributed by atoms with van der Waals surface area (Å²) in [5, 5.41) is 10.4. The van der Waals surface area contributed by atoms with Crippen LogP contribution in [-0.4, -0.2) is 33.3 Å². The first kappa shape index (κ1) is 15.1. The Morgan fingerprint density at radius 2 is 1.83 bits per heavy atom. The highest BCUT2D eigenvalue weighted by atomic mass is 19.2. The molecular weight excluding hydrogens is 302 g/mol. The lowest BCUT2D eigenvalue weighted by molar-refractivity contribution is 0.0742. The number of benzene rings is 2. The second kappa shape index (κ2) is 5.75. The fourth-order valence-corrected chi connectivity index (χ4v) is 2.35. The largest absolute Gasteiger partial charge is 0.335 e. The third kappa shape index (κ3) is 2.77. The Morgan fingerprint density at radius 3 is 2.57 bits per heavy atom. The number of carbonyl (C=O) groups is 1. The van der Waals surface area contributed by atoms with Gasteiger partial charge in [-0.3, -0.25) is 4.79 Å². The van der Waals surface area contributed by atoms with Crippen LogP contribution in [0.5, 0.6) is 0 Å². The van der Waals surface area contributed by atoms with Gasteiger partial charge < -0.3 is 4.90 Å². The summed E-state index contributed by atoms with van der Waals surface area (Å²) in [6.07, 6.45) is 0. The van der Waals surface area contributed by atoms with Gasteiger partial charge in [-0.25, -0.2) is 8.78 Å². The minimum absolute atomic E-state index is 0.243. The summed E-state index contributed by atoms with van der Waals surface area (Å²) in [5.74, 6) is -2.09. The van der Waals surface area contributed by atoms with E-state index in [4.69, 9.17) is 0 Å². The van der Waals surface area contributed by atoms with Crippen LogP contribution in [0.3, 0.4) is 0 Å². The van der Waals surface area contributed by atoms with Gasteiger partial charge in [0, 0.05) is 12.6 Å². The van der Waals surface area contributed by atoms with Gasteiger partial charge in [0.15, 0.2) is 11.6 Å². The van der Waals surface area contributed by atoms with E-state index in [0.29, 0.717) is 22.2 Å². The zero-order chi connectivity index (χ0) is 16.6. The summed E-state index contributed by atoms with van der Waals surface area (Å²) < 4.78 is 26.4. The molecule has 1 atom stereocenters. The highest BCUT2D eigenvalue weighted by Gasteiger charge is 2.20. The summed E-state index contributed by atoms with van der Waals surface area (Å²) >= 11 is 0. The monoisotopic (exact) mass is 316 g/mol. The molecule has 0 aliphatic heterocycles. The summed E-state index contributed by atoms with van der Waals surface area (Å²) in [4.78, 5) is 14.0. The number of H-pyrrole nitrogens is 1. The summed E-state index contributed by atoms with van der Waals surface area (Å²) in [6, 6.07) is 8.20. The van der Waals surface area contributed by atoms with E-state index in [0.717, 1.165) is 12.1 Å². The molecule has 0 spiro atoms. The molecule has 0 radical (unpaired) electrons. The Kier molecular flexibility index (Phi) is 3.77. The highest BCUT2D eigenvalue weighted by Crippen LogP contribution is 2.23. The van der Waals surface area contributed by atoms with Gasteiger partial charge >= 0.3 is 0 Å². The van der Waals surface area contributed by atoms with Crippen LogP contribution in [0.4, 0.5) is 8.78 Å². The number of rotatable bonds is 3. The number of carbonyl (C=O) groups excluding carboxylic acids is 1. The average molecular weight is 316 g/mol. The van der Waals surface area contributed by atoms with Crippen molar-refractivity contribution in [1.29, 1.82) is 0 Å². The first-order valence-corrected chi connectivity index (χ1v) is 7.00. The number of amides is 1. The lowest BCUT2D eigenvalue weighted by Crippen LogP contribution is -2.29. The molecule has 0 saturated heterocycles. The number of nitrogens with one attached hydrogen (secondary N) is 1. The molecule has 7 heteroatoms. The fourth-order valence-electron chi connectivity index (χ4n) is 2.35. The van der Waals surface area contributed by atoms with Gasteiger partial charge in [-0.15, -0.1) is 0 Å². The molecule has 0 aliphatic rings. The molecule has 3 rings (SSSR count). The molecule has 0 saturated carbocycles. The molecule has 0 fully saturated rings. The second-order valence-electron chi connectivity index (χ2n) is 5.29. The molecule has 2 aromatic carbocycles. The SMILES string of the molecule is C[C@H](c1ccc(F)c(F)c1)N(C)C(=O)c1ccc2n[nH]nc2c1. The van der Waals surface area contributed by atoms with Gasteiger partial charge in [0.25, 0.3) is 5.91 Å². The Labute approximate surface area is 130 Å². The van der Waals surface area contributed by atoms with E-state index in [1.807, 2.05) is 0 Å². The van der Waals surface area contributed by atoms with Gasteiger partial charge in [0.1, 0.15) is 11.0 Å². The van der Waals surface area contributed by atoms with E-state index < -0.39 is 17.7 Å². The van der Waals surface area contributed by atoms with Crippen molar-refractivity contribution in [1.82, 2.24) is 20.3 Å². The van der Waals surface area contributed by atoms with E-state index in [9.17, 15) is 13.6 Å². The Morgan fingerprint density at radius 1 is 1.09 bits per heavy atom. The predicted octanol–water partition coefficient (Wildman–Crippen LogP) is 3.07. The summed E-state index contributed by atoms with van der Waals surface area (Å²) in [6.45, 7) is 1.75. The second-order valence-corrected chi connectivity index (χ2v) is 5.29. The van der Waals surface area contributed by atoms with Gasteiger partial charge in [-0.05, 0) is 42.8 Å². The van der Waals surface area contributed by atoms with Crippen LogP contribution in [0.2, 0.25) is 0 Å². The summed E-state index contributed by atoms with van der Waals surface area (Å²) in [7, 11) is 1.61. The molecule has 5 nitrogen and oxygen atoms in total. The van der Waals surface area contributed by atoms with E-state index in [2.05, 4.69) is 15.4 Å². The van der Waals surface area contributed by atoms with Crippen molar-refractivity contribution < 1.29 is 13.6 Å².